The number of allylic oxidation sites excluding steroid dienone is 4. The van der Waals surface area contributed by atoms with Gasteiger partial charge >= 0.3 is 0 Å². The highest BCUT2D eigenvalue weighted by molar-refractivity contribution is 5.14. The third-order valence-electron chi connectivity index (χ3n) is 2.18. The highest BCUT2D eigenvalue weighted by Crippen LogP contribution is 2.03. The fourth-order valence-electron chi connectivity index (χ4n) is 1.03. The lowest BCUT2D eigenvalue weighted by molar-refractivity contribution is 0.795. The largest absolute Gasteiger partial charge is 0.0991 e. The monoisotopic (exact) mass is 256 g/mol. The molecule has 0 aliphatic carbocycles. The van der Waals surface area contributed by atoms with Gasteiger partial charge in [0.25, 0.3) is 0 Å². The first kappa shape index (κ1) is 19.5. The predicted octanol–water partition coefficient (Wildman–Crippen LogP) is 6.14. The molecular formula is C19H28. The Labute approximate surface area is 119 Å². The average molecular weight is 256 g/mol. The quantitative estimate of drug-likeness (QED) is 0.555. The average Bonchev–Trinajstić information content (AvgIpc) is 2.47. The molecule has 0 bridgehead atoms. The van der Waals surface area contributed by atoms with Crippen molar-refractivity contribution in [1.29, 1.82) is 0 Å². The molecule has 1 aromatic rings. The molecule has 0 aliphatic rings. The molecule has 0 heterocycles. The van der Waals surface area contributed by atoms with Gasteiger partial charge in [-0.3, -0.25) is 0 Å². The molecule has 19 heavy (non-hydrogen) atoms. The van der Waals surface area contributed by atoms with Gasteiger partial charge in [-0.25, -0.2) is 0 Å². The second kappa shape index (κ2) is 16.2. The van der Waals surface area contributed by atoms with E-state index in [2.05, 4.69) is 63.6 Å². The van der Waals surface area contributed by atoms with Crippen molar-refractivity contribution in [1.82, 2.24) is 0 Å². The van der Waals surface area contributed by atoms with E-state index in [0.717, 1.165) is 5.57 Å². The smallest absolute Gasteiger partial charge is 0.0279 e. The number of aryl methyl sites for hydroxylation is 1. The zero-order chi connectivity index (χ0) is 14.9. The maximum atomic E-state index is 3.56. The van der Waals surface area contributed by atoms with Crippen LogP contribution in [0.15, 0.2) is 80.4 Å². The normalized spacial score (nSPS) is 7.89. The summed E-state index contributed by atoms with van der Waals surface area (Å²) in [4.78, 5) is 0. The van der Waals surface area contributed by atoms with Crippen LogP contribution in [0.5, 0.6) is 0 Å². The fourth-order valence-corrected chi connectivity index (χ4v) is 1.03. The molecule has 104 valence electrons. The van der Waals surface area contributed by atoms with Gasteiger partial charge in [-0.15, -0.1) is 0 Å². The van der Waals surface area contributed by atoms with Crippen molar-refractivity contribution < 1.29 is 0 Å². The van der Waals surface area contributed by atoms with E-state index >= 15 is 0 Å². The van der Waals surface area contributed by atoms with E-state index < -0.39 is 0 Å². The Balaban J connectivity index is 0. The molecule has 0 atom stereocenters. The summed E-state index contributed by atoms with van der Waals surface area (Å²) >= 11 is 0. The molecule has 0 radical (unpaired) electrons. The van der Waals surface area contributed by atoms with Gasteiger partial charge in [0.15, 0.2) is 0 Å². The molecule has 0 aliphatic heterocycles. The Morgan fingerprint density at radius 1 is 1.05 bits per heavy atom. The van der Waals surface area contributed by atoms with E-state index in [1.54, 1.807) is 18.2 Å². The molecule has 0 aromatic heterocycles. The molecule has 0 nitrogen and oxygen atoms in total. The summed E-state index contributed by atoms with van der Waals surface area (Å²) in [5, 5.41) is 0. The van der Waals surface area contributed by atoms with Crippen molar-refractivity contribution in [2.24, 2.45) is 0 Å². The molecule has 0 fully saturated rings. The van der Waals surface area contributed by atoms with Crippen LogP contribution in [0.2, 0.25) is 0 Å². The van der Waals surface area contributed by atoms with Crippen molar-refractivity contribution in [3.8, 4) is 0 Å². The molecule has 0 spiro atoms. The van der Waals surface area contributed by atoms with Gasteiger partial charge in [-0.1, -0.05) is 93.8 Å². The summed E-state index contributed by atoms with van der Waals surface area (Å²) in [5.74, 6) is 0. The molecule has 0 unspecified atom stereocenters. The van der Waals surface area contributed by atoms with Gasteiger partial charge in [0.1, 0.15) is 0 Å². The summed E-state index contributed by atoms with van der Waals surface area (Å²) in [7, 11) is 0. The third-order valence-corrected chi connectivity index (χ3v) is 2.18. The first-order chi connectivity index (χ1) is 9.12. The van der Waals surface area contributed by atoms with Crippen LogP contribution >= 0.6 is 0 Å². The van der Waals surface area contributed by atoms with Gasteiger partial charge in [-0.05, 0) is 25.3 Å². The summed E-state index contributed by atoms with van der Waals surface area (Å²) in [6.45, 7) is 17.9. The fraction of sp³-hybridized carbons (Fsp3) is 0.263. The Morgan fingerprint density at radius 2 is 1.53 bits per heavy atom. The maximum absolute atomic E-state index is 3.56. The summed E-state index contributed by atoms with van der Waals surface area (Å²) in [6.07, 6.45) is 8.83. The second-order valence-corrected chi connectivity index (χ2v) is 4.11. The van der Waals surface area contributed by atoms with Crippen molar-refractivity contribution in [3.63, 3.8) is 0 Å². The number of benzene rings is 1. The highest BCUT2D eigenvalue weighted by atomic mass is 13.9. The van der Waals surface area contributed by atoms with E-state index in [1.165, 1.54) is 24.8 Å². The molecule has 0 N–H and O–H groups in total. The molecule has 0 saturated carbocycles. The van der Waals surface area contributed by atoms with Crippen LogP contribution < -0.4 is 0 Å². The van der Waals surface area contributed by atoms with Crippen LogP contribution in [-0.4, -0.2) is 0 Å². The van der Waals surface area contributed by atoms with Crippen LogP contribution in [0, 0.1) is 0 Å². The van der Waals surface area contributed by atoms with Gasteiger partial charge < -0.3 is 0 Å². The molecule has 1 aromatic carbocycles. The zero-order valence-electron chi connectivity index (χ0n) is 12.6. The van der Waals surface area contributed by atoms with Crippen LogP contribution in [0.4, 0.5) is 0 Å². The van der Waals surface area contributed by atoms with Crippen molar-refractivity contribution in [2.75, 3.05) is 0 Å². The Bertz CT molecular complexity index is 338. The van der Waals surface area contributed by atoms with E-state index in [-0.39, 0.29) is 0 Å². The van der Waals surface area contributed by atoms with E-state index in [4.69, 9.17) is 0 Å². The lowest BCUT2D eigenvalue weighted by atomic mass is 10.1. The summed E-state index contributed by atoms with van der Waals surface area (Å²) in [6, 6.07) is 10.6. The predicted molar refractivity (Wildman–Crippen MR) is 90.5 cm³/mol. The first-order valence-electron chi connectivity index (χ1n) is 6.67. The standard InChI is InChI=1S/C10H14.C5H8.C4H6/c1-2-3-7-10-8-5-4-6-9-10;1-4-5(2)3;1-3-4-2/h4-6,8-9H,2-3,7H2,1H3;4H,1-2H2,3H3;3-4H,1-2H2. The molecule has 0 saturated heterocycles. The number of rotatable bonds is 5. The SMILES string of the molecule is C=CC(=C)C.C=CC=C.CCCCc1ccccc1. The van der Waals surface area contributed by atoms with E-state index in [1.807, 2.05) is 6.92 Å². The van der Waals surface area contributed by atoms with Crippen LogP contribution in [0.25, 0.3) is 0 Å². The maximum Gasteiger partial charge on any atom is -0.0279 e. The van der Waals surface area contributed by atoms with Gasteiger partial charge in [0.05, 0.1) is 0 Å². The van der Waals surface area contributed by atoms with Crippen LogP contribution in [0.3, 0.4) is 0 Å². The van der Waals surface area contributed by atoms with Gasteiger partial charge in [0.2, 0.25) is 0 Å². The molecule has 0 heteroatoms. The number of hydrogen-bond acceptors (Lipinski definition) is 0. The second-order valence-electron chi connectivity index (χ2n) is 4.11. The first-order valence-corrected chi connectivity index (χ1v) is 6.67. The van der Waals surface area contributed by atoms with Gasteiger partial charge in [-0.2, -0.15) is 0 Å². The topological polar surface area (TPSA) is 0 Å². The van der Waals surface area contributed by atoms with E-state index in [9.17, 15) is 0 Å². The minimum atomic E-state index is 1.02. The number of hydrogen-bond donors (Lipinski definition) is 0. The Kier molecular flexibility index (Phi) is 16.6. The zero-order valence-corrected chi connectivity index (χ0v) is 12.6. The lowest BCUT2D eigenvalue weighted by Crippen LogP contribution is -1.81. The van der Waals surface area contributed by atoms with Crippen LogP contribution in [-0.2, 0) is 6.42 Å². The highest BCUT2D eigenvalue weighted by Gasteiger charge is 1.87. The summed E-state index contributed by atoms with van der Waals surface area (Å²) in [5.41, 5.74) is 2.48. The molecular weight excluding hydrogens is 228 g/mol. The minimum Gasteiger partial charge on any atom is -0.0991 e. The van der Waals surface area contributed by atoms with Crippen LogP contribution in [0.1, 0.15) is 32.3 Å². The van der Waals surface area contributed by atoms with E-state index in [0.29, 0.717) is 0 Å². The van der Waals surface area contributed by atoms with Crippen molar-refractivity contribution in [2.45, 2.75) is 33.1 Å². The van der Waals surface area contributed by atoms with Crippen molar-refractivity contribution in [3.05, 3.63) is 86.0 Å². The molecule has 1 rings (SSSR count). The Hall–Kier alpha value is -1.82. The third kappa shape index (κ3) is 18.7. The number of unbranched alkanes of at least 4 members (excludes halogenated alkanes) is 1. The molecule has 0 amide bonds. The van der Waals surface area contributed by atoms with Gasteiger partial charge in [0, 0.05) is 0 Å². The lowest BCUT2D eigenvalue weighted by Gasteiger charge is -1.96. The minimum absolute atomic E-state index is 1.02. The summed E-state index contributed by atoms with van der Waals surface area (Å²) < 4.78 is 0. The Morgan fingerprint density at radius 3 is 1.84 bits per heavy atom. The van der Waals surface area contributed by atoms with Crippen molar-refractivity contribution >= 4 is 0 Å².